The van der Waals surface area contributed by atoms with E-state index in [0.29, 0.717) is 12.5 Å². The molecule has 2 rings (SSSR count). The molecule has 2 heterocycles. The number of hydrogen-bond donors (Lipinski definition) is 0. The van der Waals surface area contributed by atoms with E-state index in [0.717, 1.165) is 18.5 Å². The van der Waals surface area contributed by atoms with Crippen LogP contribution in [-0.4, -0.2) is 14.2 Å². The van der Waals surface area contributed by atoms with Crippen molar-refractivity contribution in [3.05, 3.63) is 34.9 Å². The standard InChI is InChI=1S/C12H17N3O/c1-3-10(4-2)9-15-12(16)14-8-6-5-7-11(14)13-15/h5-8,10H,3-4,9H2,1-2H3. The second-order valence-corrected chi connectivity index (χ2v) is 4.08. The molecule has 2 aromatic heterocycles. The van der Waals surface area contributed by atoms with E-state index >= 15 is 0 Å². The Hall–Kier alpha value is -1.58. The van der Waals surface area contributed by atoms with Crippen molar-refractivity contribution in [2.24, 2.45) is 5.92 Å². The third-order valence-corrected chi connectivity index (χ3v) is 3.07. The molecular weight excluding hydrogens is 202 g/mol. The fraction of sp³-hybridized carbons (Fsp3) is 0.500. The van der Waals surface area contributed by atoms with Crippen LogP contribution in [0.25, 0.3) is 5.65 Å². The van der Waals surface area contributed by atoms with E-state index in [1.54, 1.807) is 15.3 Å². The van der Waals surface area contributed by atoms with Gasteiger partial charge in [-0.3, -0.25) is 4.40 Å². The minimum absolute atomic E-state index is 0.0394. The molecule has 4 heteroatoms. The molecule has 0 bridgehead atoms. The summed E-state index contributed by atoms with van der Waals surface area (Å²) >= 11 is 0. The number of hydrogen-bond acceptors (Lipinski definition) is 2. The third kappa shape index (κ3) is 1.87. The molecule has 0 aliphatic carbocycles. The zero-order valence-corrected chi connectivity index (χ0v) is 9.76. The molecule has 0 radical (unpaired) electrons. The van der Waals surface area contributed by atoms with Gasteiger partial charge in [0.1, 0.15) is 0 Å². The lowest BCUT2D eigenvalue weighted by Gasteiger charge is -2.10. The predicted molar refractivity (Wildman–Crippen MR) is 63.5 cm³/mol. The van der Waals surface area contributed by atoms with Crippen molar-refractivity contribution >= 4 is 5.65 Å². The molecule has 4 nitrogen and oxygen atoms in total. The SMILES string of the molecule is CCC(CC)Cn1nc2ccccn2c1=O. The minimum Gasteiger partial charge on any atom is -0.250 e. The van der Waals surface area contributed by atoms with Crippen LogP contribution in [0.1, 0.15) is 26.7 Å². The monoisotopic (exact) mass is 219 g/mol. The van der Waals surface area contributed by atoms with E-state index in [1.807, 2.05) is 18.2 Å². The maximum Gasteiger partial charge on any atom is 0.350 e. The second-order valence-electron chi connectivity index (χ2n) is 4.08. The fourth-order valence-electron chi connectivity index (χ4n) is 1.88. The van der Waals surface area contributed by atoms with Gasteiger partial charge in [-0.05, 0) is 18.1 Å². The molecule has 0 atom stereocenters. The van der Waals surface area contributed by atoms with Crippen LogP contribution in [0.4, 0.5) is 0 Å². The third-order valence-electron chi connectivity index (χ3n) is 3.07. The number of rotatable bonds is 4. The number of aromatic nitrogens is 3. The molecule has 86 valence electrons. The highest BCUT2D eigenvalue weighted by Gasteiger charge is 2.10. The molecule has 0 amide bonds. The number of fused-ring (bicyclic) bond motifs is 1. The Kier molecular flexibility index (Phi) is 3.08. The summed E-state index contributed by atoms with van der Waals surface area (Å²) in [4.78, 5) is 12.0. The van der Waals surface area contributed by atoms with Crippen molar-refractivity contribution in [3.63, 3.8) is 0 Å². The molecule has 0 aliphatic heterocycles. The molecule has 0 aromatic carbocycles. The van der Waals surface area contributed by atoms with Crippen molar-refractivity contribution in [1.82, 2.24) is 14.2 Å². The first kappa shape index (κ1) is 10.9. The molecule has 0 spiro atoms. The lowest BCUT2D eigenvalue weighted by Crippen LogP contribution is -2.24. The summed E-state index contributed by atoms with van der Waals surface area (Å²) in [5.74, 6) is 0.530. The summed E-state index contributed by atoms with van der Waals surface area (Å²) in [6.45, 7) is 5.01. The largest absolute Gasteiger partial charge is 0.350 e. The highest BCUT2D eigenvalue weighted by molar-refractivity contribution is 5.35. The molecular formula is C12H17N3O. The smallest absolute Gasteiger partial charge is 0.250 e. The summed E-state index contributed by atoms with van der Waals surface area (Å²) in [6.07, 6.45) is 3.92. The molecule has 2 aromatic rings. The highest BCUT2D eigenvalue weighted by Crippen LogP contribution is 2.09. The normalized spacial score (nSPS) is 11.4. The van der Waals surface area contributed by atoms with Crippen LogP contribution in [0.5, 0.6) is 0 Å². The Balaban J connectivity index is 2.38. The van der Waals surface area contributed by atoms with E-state index in [9.17, 15) is 4.79 Å². The Morgan fingerprint density at radius 2 is 2.06 bits per heavy atom. The van der Waals surface area contributed by atoms with Crippen LogP contribution < -0.4 is 5.69 Å². The number of pyridine rings is 1. The van der Waals surface area contributed by atoms with Crippen molar-refractivity contribution in [2.75, 3.05) is 0 Å². The van der Waals surface area contributed by atoms with Gasteiger partial charge in [-0.1, -0.05) is 32.8 Å². The van der Waals surface area contributed by atoms with Gasteiger partial charge in [0.25, 0.3) is 0 Å². The van der Waals surface area contributed by atoms with Crippen LogP contribution in [0.2, 0.25) is 0 Å². The molecule has 16 heavy (non-hydrogen) atoms. The van der Waals surface area contributed by atoms with Gasteiger partial charge in [-0.25, -0.2) is 9.48 Å². The van der Waals surface area contributed by atoms with Crippen LogP contribution in [0, 0.1) is 5.92 Å². The van der Waals surface area contributed by atoms with Gasteiger partial charge in [0.05, 0.1) is 0 Å². The fourth-order valence-corrected chi connectivity index (χ4v) is 1.88. The van der Waals surface area contributed by atoms with E-state index in [-0.39, 0.29) is 5.69 Å². The van der Waals surface area contributed by atoms with Gasteiger partial charge in [-0.15, -0.1) is 5.10 Å². The summed E-state index contributed by atoms with van der Waals surface area (Å²) in [7, 11) is 0. The second kappa shape index (κ2) is 4.51. The Bertz CT molecular complexity index is 522. The first-order valence-corrected chi connectivity index (χ1v) is 5.80. The minimum atomic E-state index is -0.0394. The molecule has 0 saturated heterocycles. The first-order valence-electron chi connectivity index (χ1n) is 5.80. The lowest BCUT2D eigenvalue weighted by atomic mass is 10.0. The van der Waals surface area contributed by atoms with E-state index < -0.39 is 0 Å². The van der Waals surface area contributed by atoms with Gasteiger partial charge in [0.15, 0.2) is 5.65 Å². The van der Waals surface area contributed by atoms with Crippen molar-refractivity contribution in [3.8, 4) is 0 Å². The average Bonchev–Trinajstić information content (AvgIpc) is 2.64. The molecule has 0 fully saturated rings. The molecule has 0 unspecified atom stereocenters. The zero-order valence-electron chi connectivity index (χ0n) is 9.76. The predicted octanol–water partition coefficient (Wildman–Crippen LogP) is 1.93. The quantitative estimate of drug-likeness (QED) is 0.788. The van der Waals surface area contributed by atoms with Crippen LogP contribution >= 0.6 is 0 Å². The molecule has 0 saturated carbocycles. The lowest BCUT2D eigenvalue weighted by molar-refractivity contribution is 0.389. The zero-order chi connectivity index (χ0) is 11.5. The average molecular weight is 219 g/mol. The number of nitrogens with zero attached hydrogens (tertiary/aromatic N) is 3. The molecule has 0 aliphatic rings. The Morgan fingerprint density at radius 1 is 1.31 bits per heavy atom. The van der Waals surface area contributed by atoms with Crippen LogP contribution in [0.15, 0.2) is 29.2 Å². The Morgan fingerprint density at radius 3 is 2.69 bits per heavy atom. The van der Waals surface area contributed by atoms with Crippen molar-refractivity contribution in [1.29, 1.82) is 0 Å². The van der Waals surface area contributed by atoms with Gasteiger partial charge < -0.3 is 0 Å². The van der Waals surface area contributed by atoms with E-state index in [1.165, 1.54) is 0 Å². The van der Waals surface area contributed by atoms with Crippen LogP contribution in [0.3, 0.4) is 0 Å². The topological polar surface area (TPSA) is 39.3 Å². The maximum atomic E-state index is 12.0. The van der Waals surface area contributed by atoms with Gasteiger partial charge in [0, 0.05) is 12.7 Å². The summed E-state index contributed by atoms with van der Waals surface area (Å²) in [5, 5.41) is 4.32. The molecule has 0 N–H and O–H groups in total. The summed E-state index contributed by atoms with van der Waals surface area (Å²) < 4.78 is 3.16. The summed E-state index contributed by atoms with van der Waals surface area (Å²) in [6, 6.07) is 5.59. The Labute approximate surface area is 94.5 Å². The van der Waals surface area contributed by atoms with Gasteiger partial charge in [0.2, 0.25) is 0 Å². The van der Waals surface area contributed by atoms with E-state index in [2.05, 4.69) is 18.9 Å². The van der Waals surface area contributed by atoms with Gasteiger partial charge >= 0.3 is 5.69 Å². The first-order chi connectivity index (χ1) is 7.76. The van der Waals surface area contributed by atoms with Gasteiger partial charge in [-0.2, -0.15) is 0 Å². The summed E-state index contributed by atoms with van der Waals surface area (Å²) in [5.41, 5.74) is 0.681. The van der Waals surface area contributed by atoms with Crippen molar-refractivity contribution in [2.45, 2.75) is 33.2 Å². The van der Waals surface area contributed by atoms with E-state index in [4.69, 9.17) is 0 Å². The highest BCUT2D eigenvalue weighted by atomic mass is 16.2. The van der Waals surface area contributed by atoms with Crippen molar-refractivity contribution < 1.29 is 0 Å². The van der Waals surface area contributed by atoms with Crippen LogP contribution in [-0.2, 0) is 6.54 Å². The maximum absolute atomic E-state index is 12.0.